The van der Waals surface area contributed by atoms with Crippen molar-refractivity contribution < 1.29 is 0 Å². The summed E-state index contributed by atoms with van der Waals surface area (Å²) in [4.78, 5) is 0. The lowest BCUT2D eigenvalue weighted by molar-refractivity contribution is 1.35. The highest BCUT2D eigenvalue weighted by Gasteiger charge is 1.99. The van der Waals surface area contributed by atoms with Crippen LogP contribution < -0.4 is 0 Å². The highest BCUT2D eigenvalue weighted by molar-refractivity contribution is 5.50. The van der Waals surface area contributed by atoms with E-state index in [0.717, 1.165) is 22.3 Å². The SMILES string of the molecule is C#Cc1cc(C)c(C#C)cc1C. The van der Waals surface area contributed by atoms with Crippen LogP contribution in [0.3, 0.4) is 0 Å². The summed E-state index contributed by atoms with van der Waals surface area (Å²) in [5.41, 5.74) is 3.98. The zero-order valence-electron chi connectivity index (χ0n) is 7.31. The number of hydrogen-bond donors (Lipinski definition) is 0. The van der Waals surface area contributed by atoms with Gasteiger partial charge in [-0.1, -0.05) is 11.8 Å². The zero-order valence-corrected chi connectivity index (χ0v) is 7.31. The molecule has 0 unspecified atom stereocenters. The lowest BCUT2D eigenvalue weighted by Crippen LogP contribution is -1.88. The molecule has 0 aliphatic heterocycles. The minimum Gasteiger partial charge on any atom is -0.115 e. The van der Waals surface area contributed by atoms with Gasteiger partial charge in [-0.2, -0.15) is 0 Å². The van der Waals surface area contributed by atoms with E-state index in [1.807, 2.05) is 26.0 Å². The van der Waals surface area contributed by atoms with Crippen molar-refractivity contribution in [3.8, 4) is 24.7 Å². The van der Waals surface area contributed by atoms with E-state index in [9.17, 15) is 0 Å². The van der Waals surface area contributed by atoms with Crippen LogP contribution in [0.1, 0.15) is 22.3 Å². The summed E-state index contributed by atoms with van der Waals surface area (Å²) in [6.45, 7) is 3.94. The number of terminal acetylenes is 2. The molecule has 0 aliphatic rings. The molecule has 0 N–H and O–H groups in total. The summed E-state index contributed by atoms with van der Waals surface area (Å²) in [7, 11) is 0. The van der Waals surface area contributed by atoms with Gasteiger partial charge >= 0.3 is 0 Å². The Morgan fingerprint density at radius 1 is 0.917 bits per heavy atom. The summed E-state index contributed by atoms with van der Waals surface area (Å²) < 4.78 is 0. The van der Waals surface area contributed by atoms with Crippen molar-refractivity contribution >= 4 is 0 Å². The summed E-state index contributed by atoms with van der Waals surface area (Å²) in [6, 6.07) is 3.90. The Morgan fingerprint density at radius 2 is 1.25 bits per heavy atom. The van der Waals surface area contributed by atoms with Gasteiger partial charge in [-0.05, 0) is 37.1 Å². The molecule has 0 nitrogen and oxygen atoms in total. The zero-order chi connectivity index (χ0) is 9.14. The average Bonchev–Trinajstić information content (AvgIpc) is 2.08. The van der Waals surface area contributed by atoms with Gasteiger partial charge in [0.2, 0.25) is 0 Å². The van der Waals surface area contributed by atoms with E-state index in [2.05, 4.69) is 11.8 Å². The van der Waals surface area contributed by atoms with Gasteiger partial charge in [-0.15, -0.1) is 12.8 Å². The van der Waals surface area contributed by atoms with Crippen LogP contribution in [0.15, 0.2) is 12.1 Å². The molecule has 0 spiro atoms. The molecule has 0 aliphatic carbocycles. The van der Waals surface area contributed by atoms with Gasteiger partial charge in [0.25, 0.3) is 0 Å². The van der Waals surface area contributed by atoms with Crippen molar-refractivity contribution in [2.75, 3.05) is 0 Å². The van der Waals surface area contributed by atoms with Gasteiger partial charge in [0.15, 0.2) is 0 Å². The number of aryl methyl sites for hydroxylation is 2. The highest BCUT2D eigenvalue weighted by atomic mass is 14.0. The van der Waals surface area contributed by atoms with E-state index in [1.165, 1.54) is 0 Å². The molecule has 0 heterocycles. The smallest absolute Gasteiger partial charge is 0.0275 e. The molecule has 0 atom stereocenters. The van der Waals surface area contributed by atoms with E-state index >= 15 is 0 Å². The minimum absolute atomic E-state index is 0.923. The standard InChI is InChI=1S/C12H10/c1-5-11-7-10(4)12(6-2)8-9(11)3/h1-2,7-8H,3-4H3. The molecular formula is C12H10. The second-order valence-electron chi connectivity index (χ2n) is 2.77. The van der Waals surface area contributed by atoms with Crippen molar-refractivity contribution in [3.05, 3.63) is 34.4 Å². The van der Waals surface area contributed by atoms with Crippen LogP contribution in [0, 0.1) is 38.5 Å². The average molecular weight is 154 g/mol. The first-order valence-electron chi connectivity index (χ1n) is 3.73. The summed E-state index contributed by atoms with van der Waals surface area (Å²) >= 11 is 0. The lowest BCUT2D eigenvalue weighted by atomic mass is 10.0. The third-order valence-corrected chi connectivity index (χ3v) is 1.88. The third kappa shape index (κ3) is 1.34. The van der Waals surface area contributed by atoms with E-state index in [-0.39, 0.29) is 0 Å². The first-order chi connectivity index (χ1) is 5.69. The van der Waals surface area contributed by atoms with E-state index in [1.54, 1.807) is 0 Å². The Balaban J connectivity index is 3.41. The summed E-state index contributed by atoms with van der Waals surface area (Å²) in [6.07, 6.45) is 10.6. The summed E-state index contributed by atoms with van der Waals surface area (Å²) in [5.74, 6) is 5.24. The quantitative estimate of drug-likeness (QED) is 0.503. The van der Waals surface area contributed by atoms with Gasteiger partial charge in [-0.25, -0.2) is 0 Å². The maximum Gasteiger partial charge on any atom is 0.0275 e. The second kappa shape index (κ2) is 3.16. The third-order valence-electron chi connectivity index (χ3n) is 1.88. The molecule has 0 aromatic heterocycles. The molecule has 0 saturated heterocycles. The van der Waals surface area contributed by atoms with Crippen molar-refractivity contribution in [1.82, 2.24) is 0 Å². The predicted molar refractivity (Wildman–Crippen MR) is 51.8 cm³/mol. The van der Waals surface area contributed by atoms with Crippen LogP contribution in [0.5, 0.6) is 0 Å². The molecule has 0 amide bonds. The largest absolute Gasteiger partial charge is 0.115 e. The fourth-order valence-corrected chi connectivity index (χ4v) is 1.13. The van der Waals surface area contributed by atoms with Crippen molar-refractivity contribution in [1.29, 1.82) is 0 Å². The van der Waals surface area contributed by atoms with E-state index < -0.39 is 0 Å². The molecule has 0 bridgehead atoms. The molecule has 0 fully saturated rings. The van der Waals surface area contributed by atoms with Gasteiger partial charge in [0.1, 0.15) is 0 Å². The monoisotopic (exact) mass is 154 g/mol. The van der Waals surface area contributed by atoms with Gasteiger partial charge < -0.3 is 0 Å². The minimum atomic E-state index is 0.923. The molecule has 0 radical (unpaired) electrons. The molecule has 1 aromatic rings. The molecule has 58 valence electrons. The second-order valence-corrected chi connectivity index (χ2v) is 2.77. The fourth-order valence-electron chi connectivity index (χ4n) is 1.13. The van der Waals surface area contributed by atoms with E-state index in [0.29, 0.717) is 0 Å². The lowest BCUT2D eigenvalue weighted by Gasteiger charge is -2.02. The molecule has 12 heavy (non-hydrogen) atoms. The van der Waals surface area contributed by atoms with Crippen LogP contribution >= 0.6 is 0 Å². The highest BCUT2D eigenvalue weighted by Crippen LogP contribution is 2.13. The predicted octanol–water partition coefficient (Wildman–Crippen LogP) is 2.27. The van der Waals surface area contributed by atoms with Crippen LogP contribution in [0.25, 0.3) is 0 Å². The number of hydrogen-bond acceptors (Lipinski definition) is 0. The van der Waals surface area contributed by atoms with Crippen molar-refractivity contribution in [3.63, 3.8) is 0 Å². The fraction of sp³-hybridized carbons (Fsp3) is 0.167. The van der Waals surface area contributed by atoms with Crippen molar-refractivity contribution in [2.24, 2.45) is 0 Å². The Bertz CT molecular complexity index is 344. The Hall–Kier alpha value is -1.66. The topological polar surface area (TPSA) is 0 Å². The normalized spacial score (nSPS) is 8.67. The maximum atomic E-state index is 5.31. The molecule has 1 rings (SSSR count). The van der Waals surface area contributed by atoms with Gasteiger partial charge in [0.05, 0.1) is 0 Å². The first kappa shape index (κ1) is 8.44. The Morgan fingerprint density at radius 3 is 1.50 bits per heavy atom. The Labute approximate surface area is 73.6 Å². The van der Waals surface area contributed by atoms with E-state index in [4.69, 9.17) is 12.8 Å². The van der Waals surface area contributed by atoms with Crippen molar-refractivity contribution in [2.45, 2.75) is 13.8 Å². The van der Waals surface area contributed by atoms with Crippen LogP contribution in [-0.2, 0) is 0 Å². The summed E-state index contributed by atoms with van der Waals surface area (Å²) in [5, 5.41) is 0. The van der Waals surface area contributed by atoms with Crippen LogP contribution in [0.2, 0.25) is 0 Å². The van der Waals surface area contributed by atoms with Crippen LogP contribution in [0.4, 0.5) is 0 Å². The van der Waals surface area contributed by atoms with Gasteiger partial charge in [0, 0.05) is 11.1 Å². The molecular weight excluding hydrogens is 144 g/mol. The number of benzene rings is 1. The maximum absolute atomic E-state index is 5.31. The molecule has 0 saturated carbocycles. The Kier molecular flexibility index (Phi) is 2.22. The molecule has 0 heteroatoms. The molecule has 1 aromatic carbocycles. The van der Waals surface area contributed by atoms with Gasteiger partial charge in [-0.3, -0.25) is 0 Å². The first-order valence-corrected chi connectivity index (χ1v) is 3.73. The van der Waals surface area contributed by atoms with Crippen LogP contribution in [-0.4, -0.2) is 0 Å². The number of rotatable bonds is 0.